The van der Waals surface area contributed by atoms with Gasteiger partial charge in [-0.2, -0.15) is 0 Å². The topological polar surface area (TPSA) is 29.3 Å². The number of fused-ring (bicyclic) bond motifs is 1. The first kappa shape index (κ1) is 15.6. The Morgan fingerprint density at radius 1 is 1.32 bits per heavy atom. The summed E-state index contributed by atoms with van der Waals surface area (Å²) in [4.78, 5) is 2.53. The zero-order valence-electron chi connectivity index (χ0n) is 10.7. The summed E-state index contributed by atoms with van der Waals surface area (Å²) in [6.45, 7) is 3.35. The Hall–Kier alpha value is 0.200. The van der Waals surface area contributed by atoms with Crippen molar-refractivity contribution in [3.63, 3.8) is 0 Å². The summed E-state index contributed by atoms with van der Waals surface area (Å²) in [6.07, 6.45) is 2.53. The number of hydrogen-bond acceptors (Lipinski definition) is 2. The summed E-state index contributed by atoms with van der Waals surface area (Å²) < 4.78 is 1.11. The molecular weight excluding hydrogens is 347 g/mol. The van der Waals surface area contributed by atoms with Gasteiger partial charge >= 0.3 is 0 Å². The highest BCUT2D eigenvalue weighted by Crippen LogP contribution is 2.38. The lowest BCUT2D eigenvalue weighted by Crippen LogP contribution is -2.30. The van der Waals surface area contributed by atoms with E-state index < -0.39 is 0 Å². The van der Waals surface area contributed by atoms with Gasteiger partial charge in [-0.1, -0.05) is 33.6 Å². The predicted octanol–water partition coefficient (Wildman–Crippen LogP) is 3.69. The molecule has 0 radical (unpaired) electrons. The minimum atomic E-state index is 0. The number of benzene rings is 1. The summed E-state index contributed by atoms with van der Waals surface area (Å²) in [5.41, 5.74) is 7.48. The van der Waals surface area contributed by atoms with E-state index in [9.17, 15) is 0 Å². The van der Waals surface area contributed by atoms with Crippen molar-refractivity contribution in [3.05, 3.63) is 33.3 Å². The van der Waals surface area contributed by atoms with Crippen LogP contribution in [-0.4, -0.2) is 24.0 Å². The van der Waals surface area contributed by atoms with Gasteiger partial charge in [-0.25, -0.2) is 0 Å². The highest BCUT2D eigenvalue weighted by Gasteiger charge is 2.40. The lowest BCUT2D eigenvalue weighted by molar-refractivity contribution is 0.297. The largest absolute Gasteiger partial charge is 0.327 e. The SMILES string of the molecule is Cl.NC1CCC2CN(Cc3ccc(Cl)cc3Br)CC12. The summed E-state index contributed by atoms with van der Waals surface area (Å²) in [7, 11) is 0. The van der Waals surface area contributed by atoms with E-state index in [1.807, 2.05) is 12.1 Å². The van der Waals surface area contributed by atoms with Gasteiger partial charge < -0.3 is 5.73 Å². The second-order valence-corrected chi connectivity index (χ2v) is 6.89. The molecule has 1 heterocycles. The monoisotopic (exact) mass is 364 g/mol. The van der Waals surface area contributed by atoms with E-state index in [1.54, 1.807) is 0 Å². The Morgan fingerprint density at radius 3 is 2.79 bits per heavy atom. The van der Waals surface area contributed by atoms with Crippen molar-refractivity contribution in [2.75, 3.05) is 13.1 Å². The molecule has 5 heteroatoms. The number of hydrogen-bond donors (Lipinski definition) is 1. The summed E-state index contributed by atoms with van der Waals surface area (Å²) in [5, 5.41) is 0.783. The molecule has 1 saturated carbocycles. The van der Waals surface area contributed by atoms with Crippen molar-refractivity contribution in [1.29, 1.82) is 0 Å². The smallest absolute Gasteiger partial charge is 0.0417 e. The first-order valence-electron chi connectivity index (χ1n) is 6.55. The van der Waals surface area contributed by atoms with Gasteiger partial charge in [0.05, 0.1) is 0 Å². The molecule has 0 amide bonds. The molecule has 0 spiro atoms. The lowest BCUT2D eigenvalue weighted by atomic mass is 9.98. The highest BCUT2D eigenvalue weighted by molar-refractivity contribution is 9.10. The molecule has 106 valence electrons. The van der Waals surface area contributed by atoms with Crippen LogP contribution in [0.1, 0.15) is 18.4 Å². The van der Waals surface area contributed by atoms with Gasteiger partial charge in [0.1, 0.15) is 0 Å². The second kappa shape index (κ2) is 6.31. The van der Waals surface area contributed by atoms with Crippen LogP contribution in [0.4, 0.5) is 0 Å². The van der Waals surface area contributed by atoms with Gasteiger partial charge in [-0.05, 0) is 42.4 Å². The third-order valence-electron chi connectivity index (χ3n) is 4.40. The number of likely N-dealkylation sites (tertiary alicyclic amines) is 1. The maximum atomic E-state index is 6.17. The Labute approximate surface area is 134 Å². The molecule has 0 bridgehead atoms. The molecule has 3 atom stereocenters. The van der Waals surface area contributed by atoms with Crippen molar-refractivity contribution >= 4 is 39.9 Å². The average Bonchev–Trinajstić information content (AvgIpc) is 2.86. The van der Waals surface area contributed by atoms with E-state index in [4.69, 9.17) is 17.3 Å². The lowest BCUT2D eigenvalue weighted by Gasteiger charge is -2.19. The van der Waals surface area contributed by atoms with Crippen LogP contribution in [-0.2, 0) is 6.54 Å². The van der Waals surface area contributed by atoms with Gasteiger partial charge in [-0.3, -0.25) is 4.90 Å². The third-order valence-corrected chi connectivity index (χ3v) is 5.37. The van der Waals surface area contributed by atoms with Crippen LogP contribution in [0, 0.1) is 11.8 Å². The van der Waals surface area contributed by atoms with Crippen LogP contribution in [0.2, 0.25) is 5.02 Å². The van der Waals surface area contributed by atoms with Crippen LogP contribution in [0.5, 0.6) is 0 Å². The van der Waals surface area contributed by atoms with Crippen LogP contribution >= 0.6 is 39.9 Å². The van der Waals surface area contributed by atoms with Gasteiger partial charge in [0.15, 0.2) is 0 Å². The van der Waals surface area contributed by atoms with Gasteiger partial charge in [0.2, 0.25) is 0 Å². The average molecular weight is 366 g/mol. The standard InChI is InChI=1S/C14H18BrClN2.ClH/c15-13-5-11(16)3-1-10(13)7-18-6-9-2-4-14(17)12(9)8-18;/h1,3,5,9,12,14H,2,4,6-8,17H2;1H. The molecule has 2 nitrogen and oxygen atoms in total. The Morgan fingerprint density at radius 2 is 2.11 bits per heavy atom. The van der Waals surface area contributed by atoms with Crippen molar-refractivity contribution in [2.45, 2.75) is 25.4 Å². The van der Waals surface area contributed by atoms with Crippen molar-refractivity contribution in [3.8, 4) is 0 Å². The van der Waals surface area contributed by atoms with Crippen molar-refractivity contribution < 1.29 is 0 Å². The molecule has 1 aliphatic carbocycles. The normalized spacial score (nSPS) is 30.2. The second-order valence-electron chi connectivity index (χ2n) is 5.59. The van der Waals surface area contributed by atoms with E-state index in [1.165, 1.54) is 24.9 Å². The number of rotatable bonds is 2. The van der Waals surface area contributed by atoms with Crippen molar-refractivity contribution in [2.24, 2.45) is 17.6 Å². The van der Waals surface area contributed by atoms with Gasteiger partial charge in [0.25, 0.3) is 0 Å². The number of nitrogens with two attached hydrogens (primary N) is 1. The van der Waals surface area contributed by atoms with Crippen LogP contribution in [0.15, 0.2) is 22.7 Å². The fraction of sp³-hybridized carbons (Fsp3) is 0.571. The molecule has 0 aromatic heterocycles. The minimum Gasteiger partial charge on any atom is -0.327 e. The third kappa shape index (κ3) is 3.27. The van der Waals surface area contributed by atoms with Crippen molar-refractivity contribution in [1.82, 2.24) is 4.90 Å². The molecule has 1 aliphatic heterocycles. The molecule has 1 aromatic carbocycles. The summed E-state index contributed by atoms with van der Waals surface area (Å²) >= 11 is 9.56. The maximum absolute atomic E-state index is 6.17. The molecule has 19 heavy (non-hydrogen) atoms. The molecule has 1 saturated heterocycles. The summed E-state index contributed by atoms with van der Waals surface area (Å²) in [6, 6.07) is 6.47. The highest BCUT2D eigenvalue weighted by atomic mass is 79.9. The van der Waals surface area contributed by atoms with Crippen LogP contribution < -0.4 is 5.73 Å². The minimum absolute atomic E-state index is 0. The Bertz CT molecular complexity index is 455. The molecule has 3 rings (SSSR count). The molecule has 2 N–H and O–H groups in total. The Balaban J connectivity index is 0.00000133. The van der Waals surface area contributed by atoms with Gasteiger partial charge in [-0.15, -0.1) is 12.4 Å². The van der Waals surface area contributed by atoms with Crippen LogP contribution in [0.25, 0.3) is 0 Å². The quantitative estimate of drug-likeness (QED) is 0.865. The van der Waals surface area contributed by atoms with E-state index >= 15 is 0 Å². The number of nitrogens with zero attached hydrogens (tertiary/aromatic N) is 1. The molecule has 1 aromatic rings. The first-order valence-corrected chi connectivity index (χ1v) is 7.72. The zero-order chi connectivity index (χ0) is 12.7. The molecule has 2 fully saturated rings. The molecule has 3 unspecified atom stereocenters. The number of halogens is 3. The van der Waals surface area contributed by atoms with E-state index in [0.29, 0.717) is 6.04 Å². The van der Waals surface area contributed by atoms with Gasteiger partial charge in [0, 0.05) is 35.2 Å². The van der Waals surface area contributed by atoms with E-state index in [-0.39, 0.29) is 12.4 Å². The fourth-order valence-electron chi connectivity index (χ4n) is 3.42. The Kier molecular flexibility index (Phi) is 5.18. The fourth-order valence-corrected chi connectivity index (χ4v) is 4.23. The van der Waals surface area contributed by atoms with E-state index in [2.05, 4.69) is 26.9 Å². The first-order chi connectivity index (χ1) is 8.63. The van der Waals surface area contributed by atoms with E-state index in [0.717, 1.165) is 34.4 Å². The molecule has 2 aliphatic rings. The molecular formula is C14H19BrCl2N2. The predicted molar refractivity (Wildman–Crippen MR) is 85.9 cm³/mol. The van der Waals surface area contributed by atoms with Crippen LogP contribution in [0.3, 0.4) is 0 Å². The maximum Gasteiger partial charge on any atom is 0.0417 e. The zero-order valence-corrected chi connectivity index (χ0v) is 13.8. The summed E-state index contributed by atoms with van der Waals surface area (Å²) in [5.74, 6) is 1.54.